The Balaban J connectivity index is 1.47. The van der Waals surface area contributed by atoms with E-state index >= 15 is 0 Å². The van der Waals surface area contributed by atoms with Gasteiger partial charge in [-0.25, -0.2) is 4.79 Å². The number of carbonyl (C=O) groups excluding carboxylic acids is 1. The van der Waals surface area contributed by atoms with Gasteiger partial charge in [-0.3, -0.25) is 0 Å². The number of ether oxygens (including phenoxy) is 1. The Morgan fingerprint density at radius 1 is 0.800 bits per heavy atom. The van der Waals surface area contributed by atoms with E-state index in [1.807, 2.05) is 19.1 Å². The first kappa shape index (κ1) is 26.6. The van der Waals surface area contributed by atoms with Crippen molar-refractivity contribution >= 4 is 22.5 Å². The molecule has 0 aliphatic rings. The quantitative estimate of drug-likeness (QED) is 0.230. The van der Waals surface area contributed by atoms with E-state index in [0.29, 0.717) is 0 Å². The van der Waals surface area contributed by atoms with Crippen molar-refractivity contribution < 1.29 is 9.53 Å². The van der Waals surface area contributed by atoms with Crippen LogP contribution >= 0.6 is 0 Å². The highest BCUT2D eigenvalue weighted by Gasteiger charge is 2.07. The minimum atomic E-state index is -0.162. The predicted octanol–water partition coefficient (Wildman–Crippen LogP) is 8.48. The van der Waals surface area contributed by atoms with Crippen LogP contribution in [0.2, 0.25) is 0 Å². The van der Waals surface area contributed by atoms with E-state index in [1.54, 1.807) is 0 Å². The standard InChI is InChI=1S/C31H42N2O2/c1-4-6-7-8-9-10-11-20-35-30-18-13-25(14-19-30)21-26-12-15-28-23-29(17-16-27(28)22-26)33-31(34)32-24(3)5-2/h12-19,22-24H,4-11,20-21H2,1-3H3,(H2,32,33,34). The van der Waals surface area contributed by atoms with Crippen molar-refractivity contribution in [2.75, 3.05) is 11.9 Å². The minimum absolute atomic E-state index is 0.156. The molecule has 35 heavy (non-hydrogen) atoms. The summed E-state index contributed by atoms with van der Waals surface area (Å²) < 4.78 is 5.93. The summed E-state index contributed by atoms with van der Waals surface area (Å²) in [6.45, 7) is 7.11. The number of hydrogen-bond acceptors (Lipinski definition) is 2. The lowest BCUT2D eigenvalue weighted by Gasteiger charge is -2.13. The summed E-state index contributed by atoms with van der Waals surface area (Å²) in [4.78, 5) is 12.1. The molecule has 0 fully saturated rings. The van der Waals surface area contributed by atoms with Crippen molar-refractivity contribution in [1.29, 1.82) is 0 Å². The highest BCUT2D eigenvalue weighted by atomic mass is 16.5. The number of nitrogens with one attached hydrogen (secondary N) is 2. The number of anilines is 1. The first-order chi connectivity index (χ1) is 17.1. The van der Waals surface area contributed by atoms with Crippen LogP contribution in [0, 0.1) is 0 Å². The second kappa shape index (κ2) is 14.4. The van der Waals surface area contributed by atoms with Gasteiger partial charge in [0.15, 0.2) is 0 Å². The molecule has 0 aromatic heterocycles. The van der Waals surface area contributed by atoms with E-state index < -0.39 is 0 Å². The molecule has 0 saturated carbocycles. The number of rotatable bonds is 14. The van der Waals surface area contributed by atoms with Crippen LogP contribution < -0.4 is 15.4 Å². The highest BCUT2D eigenvalue weighted by molar-refractivity contribution is 5.93. The van der Waals surface area contributed by atoms with Gasteiger partial charge in [0.2, 0.25) is 0 Å². The monoisotopic (exact) mass is 474 g/mol. The summed E-state index contributed by atoms with van der Waals surface area (Å²) in [5.41, 5.74) is 3.34. The molecule has 4 heteroatoms. The molecule has 0 aliphatic heterocycles. The SMILES string of the molecule is CCCCCCCCCOc1ccc(Cc2ccc3cc(NC(=O)NC(C)CC)ccc3c2)cc1. The molecule has 0 radical (unpaired) electrons. The second-order valence-electron chi connectivity index (χ2n) is 9.59. The Morgan fingerprint density at radius 3 is 2.20 bits per heavy atom. The zero-order chi connectivity index (χ0) is 24.9. The Kier molecular flexibility index (Phi) is 10.9. The molecule has 0 saturated heterocycles. The Labute approximate surface area is 211 Å². The maximum absolute atomic E-state index is 12.1. The summed E-state index contributed by atoms with van der Waals surface area (Å²) in [6, 6.07) is 21.0. The van der Waals surface area contributed by atoms with Crippen LogP contribution in [0.4, 0.5) is 10.5 Å². The molecule has 2 amide bonds. The number of amides is 2. The van der Waals surface area contributed by atoms with E-state index in [1.165, 1.54) is 55.0 Å². The Morgan fingerprint density at radius 2 is 1.46 bits per heavy atom. The van der Waals surface area contributed by atoms with Gasteiger partial charge in [0.25, 0.3) is 0 Å². The zero-order valence-electron chi connectivity index (χ0n) is 21.7. The van der Waals surface area contributed by atoms with Crippen molar-refractivity contribution in [2.45, 2.75) is 84.6 Å². The van der Waals surface area contributed by atoms with Crippen LogP contribution in [0.25, 0.3) is 10.8 Å². The van der Waals surface area contributed by atoms with E-state index in [-0.39, 0.29) is 12.1 Å². The number of benzene rings is 3. The van der Waals surface area contributed by atoms with Crippen molar-refractivity contribution in [2.24, 2.45) is 0 Å². The molecule has 1 atom stereocenters. The molecule has 0 aliphatic carbocycles. The van der Waals surface area contributed by atoms with Crippen molar-refractivity contribution in [3.8, 4) is 5.75 Å². The van der Waals surface area contributed by atoms with E-state index in [9.17, 15) is 4.79 Å². The first-order valence-corrected chi connectivity index (χ1v) is 13.4. The summed E-state index contributed by atoms with van der Waals surface area (Å²) in [5, 5.41) is 8.15. The summed E-state index contributed by atoms with van der Waals surface area (Å²) in [6.07, 6.45) is 10.9. The molecular weight excluding hydrogens is 432 g/mol. The number of fused-ring (bicyclic) bond motifs is 1. The summed E-state index contributed by atoms with van der Waals surface area (Å²) in [7, 11) is 0. The molecule has 3 rings (SSSR count). The molecule has 3 aromatic carbocycles. The maximum atomic E-state index is 12.1. The van der Waals surface area contributed by atoms with Crippen molar-refractivity contribution in [3.05, 3.63) is 71.8 Å². The fraction of sp³-hybridized carbons (Fsp3) is 0.452. The van der Waals surface area contributed by atoms with Gasteiger partial charge >= 0.3 is 6.03 Å². The first-order valence-electron chi connectivity index (χ1n) is 13.4. The van der Waals surface area contributed by atoms with Gasteiger partial charge in [0.05, 0.1) is 6.61 Å². The molecule has 0 bridgehead atoms. The van der Waals surface area contributed by atoms with Gasteiger partial charge in [0, 0.05) is 11.7 Å². The Bertz CT molecular complexity index is 1050. The van der Waals surface area contributed by atoms with Crippen LogP contribution in [0.5, 0.6) is 5.75 Å². The number of urea groups is 1. The fourth-order valence-corrected chi connectivity index (χ4v) is 4.16. The average molecular weight is 475 g/mol. The fourth-order valence-electron chi connectivity index (χ4n) is 4.16. The van der Waals surface area contributed by atoms with Crippen LogP contribution in [-0.2, 0) is 6.42 Å². The zero-order valence-corrected chi connectivity index (χ0v) is 21.7. The third kappa shape index (κ3) is 9.28. The molecule has 3 aromatic rings. The van der Waals surface area contributed by atoms with Crippen LogP contribution in [0.3, 0.4) is 0 Å². The van der Waals surface area contributed by atoms with Gasteiger partial charge in [-0.2, -0.15) is 0 Å². The molecular formula is C31H42N2O2. The van der Waals surface area contributed by atoms with Crippen LogP contribution in [0.15, 0.2) is 60.7 Å². The lowest BCUT2D eigenvalue weighted by molar-refractivity contribution is 0.249. The lowest BCUT2D eigenvalue weighted by Crippen LogP contribution is -2.35. The molecule has 1 unspecified atom stereocenters. The summed E-state index contributed by atoms with van der Waals surface area (Å²) in [5.74, 6) is 0.954. The minimum Gasteiger partial charge on any atom is -0.494 e. The third-order valence-electron chi connectivity index (χ3n) is 6.50. The van der Waals surface area contributed by atoms with Crippen molar-refractivity contribution in [1.82, 2.24) is 5.32 Å². The number of unbranched alkanes of at least 4 members (excludes halogenated alkanes) is 6. The van der Waals surface area contributed by atoms with Gasteiger partial charge in [0.1, 0.15) is 5.75 Å². The largest absolute Gasteiger partial charge is 0.494 e. The molecule has 0 heterocycles. The van der Waals surface area contributed by atoms with E-state index in [4.69, 9.17) is 4.74 Å². The van der Waals surface area contributed by atoms with Gasteiger partial charge in [-0.1, -0.05) is 88.8 Å². The molecule has 188 valence electrons. The molecule has 0 spiro atoms. The second-order valence-corrected chi connectivity index (χ2v) is 9.59. The smallest absolute Gasteiger partial charge is 0.319 e. The third-order valence-corrected chi connectivity index (χ3v) is 6.50. The van der Waals surface area contributed by atoms with E-state index in [0.717, 1.165) is 42.7 Å². The highest BCUT2D eigenvalue weighted by Crippen LogP contribution is 2.23. The normalized spacial score (nSPS) is 11.9. The topological polar surface area (TPSA) is 50.4 Å². The number of carbonyl (C=O) groups is 1. The van der Waals surface area contributed by atoms with Gasteiger partial charge < -0.3 is 15.4 Å². The summed E-state index contributed by atoms with van der Waals surface area (Å²) >= 11 is 0. The molecule has 4 nitrogen and oxygen atoms in total. The van der Waals surface area contributed by atoms with Gasteiger partial charge in [-0.05, 0) is 72.4 Å². The van der Waals surface area contributed by atoms with Crippen LogP contribution in [-0.4, -0.2) is 18.7 Å². The maximum Gasteiger partial charge on any atom is 0.319 e. The number of hydrogen-bond donors (Lipinski definition) is 2. The van der Waals surface area contributed by atoms with Crippen LogP contribution in [0.1, 0.15) is 83.3 Å². The van der Waals surface area contributed by atoms with E-state index in [2.05, 4.69) is 73.0 Å². The average Bonchev–Trinajstić information content (AvgIpc) is 2.86. The molecule has 2 N–H and O–H groups in total. The Hall–Kier alpha value is -3.01. The lowest BCUT2D eigenvalue weighted by atomic mass is 10.0. The van der Waals surface area contributed by atoms with Crippen molar-refractivity contribution in [3.63, 3.8) is 0 Å². The predicted molar refractivity (Wildman–Crippen MR) is 149 cm³/mol. The van der Waals surface area contributed by atoms with Gasteiger partial charge in [-0.15, -0.1) is 0 Å².